The van der Waals surface area contributed by atoms with E-state index in [0.717, 1.165) is 12.8 Å². The summed E-state index contributed by atoms with van der Waals surface area (Å²) in [6.45, 7) is 1.51. The number of hydrogen-bond acceptors (Lipinski definition) is 6. The van der Waals surface area contributed by atoms with Crippen molar-refractivity contribution in [1.29, 1.82) is 0 Å². The number of phosphoric acid groups is 1. The van der Waals surface area contributed by atoms with Gasteiger partial charge >= 0.3 is 13.8 Å². The number of carbonyl (C=O) groups excluding carboxylic acids is 1. The van der Waals surface area contributed by atoms with Gasteiger partial charge in [0.2, 0.25) is 0 Å². The maximum atomic E-state index is 11.0. The monoisotopic (exact) mass is 428 g/mol. The standard InChI is InChI=1S/C16H33O5P.C3H8O3/c1-2-3-4-5-6-7-8-9-10-11-12-13-14-15-16(17)21-22(18,19)20;4-1-3(6)2-5/h2-15H2,1H3,(H2,18,19,20);3-6H,1-2H2. The Morgan fingerprint density at radius 2 is 1.14 bits per heavy atom. The van der Waals surface area contributed by atoms with Crippen LogP contribution in [0.15, 0.2) is 0 Å². The molecule has 0 rings (SSSR count). The molecule has 0 fully saturated rings. The van der Waals surface area contributed by atoms with Crippen LogP contribution >= 0.6 is 7.82 Å². The molecule has 28 heavy (non-hydrogen) atoms. The smallest absolute Gasteiger partial charge is 0.394 e. The number of hydrogen-bond donors (Lipinski definition) is 5. The highest BCUT2D eigenvalue weighted by molar-refractivity contribution is 7.46. The molecule has 170 valence electrons. The lowest BCUT2D eigenvalue weighted by Crippen LogP contribution is -2.15. The molecule has 0 saturated heterocycles. The minimum atomic E-state index is -4.66. The van der Waals surface area contributed by atoms with Crippen LogP contribution in [0.2, 0.25) is 0 Å². The van der Waals surface area contributed by atoms with E-state index in [0.29, 0.717) is 6.42 Å². The Bertz CT molecular complexity index is 382. The summed E-state index contributed by atoms with van der Waals surface area (Å²) in [6, 6.07) is 0. The lowest BCUT2D eigenvalue weighted by Gasteiger charge is -2.05. The molecule has 5 N–H and O–H groups in total. The largest absolute Gasteiger partial charge is 0.526 e. The molecule has 0 aliphatic heterocycles. The van der Waals surface area contributed by atoms with Gasteiger partial charge in [0.1, 0.15) is 6.10 Å². The predicted molar refractivity (Wildman–Crippen MR) is 109 cm³/mol. The second-order valence-electron chi connectivity index (χ2n) is 6.97. The fourth-order valence-electron chi connectivity index (χ4n) is 2.52. The number of phosphoric ester groups is 1. The Hall–Kier alpha value is -0.500. The van der Waals surface area contributed by atoms with Gasteiger partial charge in [0.25, 0.3) is 0 Å². The van der Waals surface area contributed by atoms with Gasteiger partial charge in [0.05, 0.1) is 13.2 Å². The van der Waals surface area contributed by atoms with Gasteiger partial charge in [-0.15, -0.1) is 0 Å². The van der Waals surface area contributed by atoms with E-state index >= 15 is 0 Å². The molecule has 0 heterocycles. The molecule has 0 spiro atoms. The Morgan fingerprint density at radius 3 is 1.43 bits per heavy atom. The van der Waals surface area contributed by atoms with E-state index in [4.69, 9.17) is 25.1 Å². The van der Waals surface area contributed by atoms with E-state index in [2.05, 4.69) is 11.4 Å². The van der Waals surface area contributed by atoms with Crippen molar-refractivity contribution in [2.75, 3.05) is 13.2 Å². The van der Waals surface area contributed by atoms with Crippen molar-refractivity contribution in [2.45, 2.75) is 103 Å². The molecule has 0 amide bonds. The lowest BCUT2D eigenvalue weighted by atomic mass is 10.0. The fraction of sp³-hybridized carbons (Fsp3) is 0.947. The van der Waals surface area contributed by atoms with E-state index in [1.165, 1.54) is 64.2 Å². The number of carbonyl (C=O) groups is 1. The molecule has 9 heteroatoms. The molecular formula is C19H41O8P. The summed E-state index contributed by atoms with van der Waals surface area (Å²) in [6.07, 6.45) is 14.9. The first-order valence-corrected chi connectivity index (χ1v) is 12.0. The number of unbranched alkanes of at least 4 members (excludes halogenated alkanes) is 12. The van der Waals surface area contributed by atoms with Crippen molar-refractivity contribution in [3.8, 4) is 0 Å². The summed E-state index contributed by atoms with van der Waals surface area (Å²) in [4.78, 5) is 28.0. The van der Waals surface area contributed by atoms with Crippen LogP contribution in [-0.2, 0) is 13.9 Å². The van der Waals surface area contributed by atoms with Crippen LogP contribution in [-0.4, -0.2) is 50.4 Å². The molecule has 0 aliphatic carbocycles. The van der Waals surface area contributed by atoms with Gasteiger partial charge in [-0.05, 0) is 6.42 Å². The zero-order valence-electron chi connectivity index (χ0n) is 17.3. The van der Waals surface area contributed by atoms with Crippen LogP contribution < -0.4 is 0 Å². The Labute approximate surface area is 169 Å². The van der Waals surface area contributed by atoms with Gasteiger partial charge in [-0.3, -0.25) is 14.6 Å². The minimum absolute atomic E-state index is 0.0862. The average Bonchev–Trinajstić information content (AvgIpc) is 2.64. The van der Waals surface area contributed by atoms with E-state index < -0.39 is 19.9 Å². The third-order valence-electron chi connectivity index (χ3n) is 4.13. The fourth-order valence-corrected chi connectivity index (χ4v) is 2.88. The van der Waals surface area contributed by atoms with E-state index in [-0.39, 0.29) is 19.6 Å². The first kappa shape index (κ1) is 29.7. The molecule has 0 aromatic rings. The third kappa shape index (κ3) is 27.7. The van der Waals surface area contributed by atoms with Gasteiger partial charge < -0.3 is 19.8 Å². The van der Waals surface area contributed by atoms with Crippen LogP contribution in [0.4, 0.5) is 0 Å². The van der Waals surface area contributed by atoms with Gasteiger partial charge in [0, 0.05) is 6.42 Å². The van der Waals surface area contributed by atoms with Crippen molar-refractivity contribution in [3.05, 3.63) is 0 Å². The van der Waals surface area contributed by atoms with Gasteiger partial charge in [-0.1, -0.05) is 84.0 Å². The number of rotatable bonds is 17. The normalized spacial score (nSPS) is 11.2. The minimum Gasteiger partial charge on any atom is -0.394 e. The van der Waals surface area contributed by atoms with Crippen molar-refractivity contribution in [3.63, 3.8) is 0 Å². The second kappa shape index (κ2) is 21.2. The highest BCUT2D eigenvalue weighted by Gasteiger charge is 2.19. The van der Waals surface area contributed by atoms with Crippen molar-refractivity contribution < 1.29 is 39.0 Å². The highest BCUT2D eigenvalue weighted by Crippen LogP contribution is 2.36. The Balaban J connectivity index is 0. The molecule has 0 aliphatic rings. The summed E-state index contributed by atoms with van der Waals surface area (Å²) in [5.41, 5.74) is 0. The first-order valence-electron chi connectivity index (χ1n) is 10.4. The van der Waals surface area contributed by atoms with Crippen LogP contribution in [0.3, 0.4) is 0 Å². The zero-order valence-corrected chi connectivity index (χ0v) is 18.2. The molecular weight excluding hydrogens is 387 g/mol. The van der Waals surface area contributed by atoms with Crippen molar-refractivity contribution in [2.24, 2.45) is 0 Å². The molecule has 0 saturated carbocycles. The SMILES string of the molecule is CCCCCCCCCCCCCCCC(=O)OP(=O)(O)O.OCC(O)CO. The van der Waals surface area contributed by atoms with E-state index in [1.54, 1.807) is 0 Å². The maximum Gasteiger partial charge on any atom is 0.526 e. The Kier molecular flexibility index (Phi) is 22.5. The third-order valence-corrected chi connectivity index (χ3v) is 4.57. The summed E-state index contributed by atoms with van der Waals surface area (Å²) >= 11 is 0. The van der Waals surface area contributed by atoms with Crippen molar-refractivity contribution in [1.82, 2.24) is 0 Å². The summed E-state index contributed by atoms with van der Waals surface area (Å²) in [5.74, 6) is -0.809. The van der Waals surface area contributed by atoms with E-state index in [9.17, 15) is 9.36 Å². The average molecular weight is 429 g/mol. The quantitative estimate of drug-likeness (QED) is 0.175. The summed E-state index contributed by atoms with van der Waals surface area (Å²) in [5, 5.41) is 24.0. The van der Waals surface area contributed by atoms with Crippen LogP contribution in [0.25, 0.3) is 0 Å². The zero-order chi connectivity index (χ0) is 21.7. The summed E-state index contributed by atoms with van der Waals surface area (Å²) < 4.78 is 14.4. The van der Waals surface area contributed by atoms with Crippen molar-refractivity contribution >= 4 is 13.8 Å². The van der Waals surface area contributed by atoms with Crippen LogP contribution in [0.1, 0.15) is 96.8 Å². The molecule has 0 radical (unpaired) electrons. The highest BCUT2D eigenvalue weighted by atomic mass is 31.2. The molecule has 0 aromatic carbocycles. The maximum absolute atomic E-state index is 11.0. The molecule has 0 atom stereocenters. The first-order chi connectivity index (χ1) is 13.3. The van der Waals surface area contributed by atoms with Gasteiger partial charge in [-0.25, -0.2) is 4.57 Å². The van der Waals surface area contributed by atoms with Gasteiger partial charge in [0.15, 0.2) is 0 Å². The number of aliphatic hydroxyl groups is 3. The number of aliphatic hydroxyl groups excluding tert-OH is 3. The van der Waals surface area contributed by atoms with E-state index in [1.807, 2.05) is 0 Å². The van der Waals surface area contributed by atoms with Gasteiger partial charge in [-0.2, -0.15) is 0 Å². The lowest BCUT2D eigenvalue weighted by molar-refractivity contribution is -0.135. The van der Waals surface area contributed by atoms with Crippen LogP contribution in [0.5, 0.6) is 0 Å². The summed E-state index contributed by atoms with van der Waals surface area (Å²) in [7, 11) is -4.66. The Morgan fingerprint density at radius 1 is 0.786 bits per heavy atom. The van der Waals surface area contributed by atoms with Crippen LogP contribution in [0, 0.1) is 0 Å². The topological polar surface area (TPSA) is 145 Å². The molecule has 0 aromatic heterocycles. The molecule has 0 unspecified atom stereocenters. The molecule has 8 nitrogen and oxygen atoms in total. The molecule has 0 bridgehead atoms. The second-order valence-corrected chi connectivity index (χ2v) is 8.13. The predicted octanol–water partition coefficient (Wildman–Crippen LogP) is 3.44.